The normalized spacial score (nSPS) is 13.2. The van der Waals surface area contributed by atoms with Crippen molar-refractivity contribution < 1.29 is 23.5 Å². The monoisotopic (exact) mass is 456 g/mol. The van der Waals surface area contributed by atoms with Gasteiger partial charge in [-0.2, -0.15) is 0 Å². The molecule has 0 spiro atoms. The van der Waals surface area contributed by atoms with Crippen molar-refractivity contribution in [1.29, 1.82) is 0 Å². The lowest BCUT2D eigenvalue weighted by Gasteiger charge is -2.22. The number of esters is 1. The molecule has 0 fully saturated rings. The minimum absolute atomic E-state index is 0.0391. The van der Waals surface area contributed by atoms with Gasteiger partial charge in [0.25, 0.3) is 0 Å². The van der Waals surface area contributed by atoms with E-state index in [1.165, 1.54) is 16.8 Å². The van der Waals surface area contributed by atoms with Gasteiger partial charge in [0.1, 0.15) is 29.3 Å². The molecule has 0 atom stereocenters. The maximum absolute atomic E-state index is 13.4. The van der Waals surface area contributed by atoms with E-state index in [0.717, 1.165) is 12.1 Å². The van der Waals surface area contributed by atoms with Crippen LogP contribution in [-0.2, 0) is 4.74 Å². The van der Waals surface area contributed by atoms with Crippen molar-refractivity contribution >= 4 is 34.3 Å². The first-order chi connectivity index (χ1) is 16.5. The first-order valence-electron chi connectivity index (χ1n) is 10.4. The first kappa shape index (κ1) is 21.2. The summed E-state index contributed by atoms with van der Waals surface area (Å²) in [7, 11) is 0. The molecule has 168 valence electrons. The Morgan fingerprint density at radius 1 is 0.912 bits per heavy atom. The van der Waals surface area contributed by atoms with Crippen LogP contribution >= 0.6 is 0 Å². The summed E-state index contributed by atoms with van der Waals surface area (Å²) in [4.78, 5) is 38.9. The van der Waals surface area contributed by atoms with Gasteiger partial charge in [-0.1, -0.05) is 41.6 Å². The minimum Gasteiger partial charge on any atom is -0.460 e. The third-order valence-corrected chi connectivity index (χ3v) is 5.38. The molecule has 0 saturated carbocycles. The number of benzene rings is 3. The molecule has 0 unspecified atom stereocenters. The molecule has 8 nitrogen and oxygen atoms in total. The van der Waals surface area contributed by atoms with Gasteiger partial charge in [0, 0.05) is 17.7 Å². The molecule has 0 aliphatic heterocycles. The smallest absolute Gasteiger partial charge is 0.338 e. The summed E-state index contributed by atoms with van der Waals surface area (Å²) in [6.07, 6.45) is 0. The van der Waals surface area contributed by atoms with Crippen LogP contribution in [0.15, 0.2) is 78.5 Å². The Hall–Kier alpha value is -4.66. The summed E-state index contributed by atoms with van der Waals surface area (Å²) >= 11 is 0. The van der Waals surface area contributed by atoms with E-state index in [2.05, 4.69) is 15.6 Å². The molecule has 3 aromatic carbocycles. The number of nitrogens with one attached hydrogen (secondary N) is 1. The Morgan fingerprint density at radius 2 is 1.59 bits per heavy atom. The molecule has 0 saturated heterocycles. The van der Waals surface area contributed by atoms with Crippen LogP contribution in [0.5, 0.6) is 0 Å². The highest BCUT2D eigenvalue weighted by molar-refractivity contribution is 6.37. The van der Waals surface area contributed by atoms with E-state index in [9.17, 15) is 18.8 Å². The molecule has 1 aliphatic carbocycles. The number of halogens is 1. The number of ether oxygens (including phenoxy) is 1. The van der Waals surface area contributed by atoms with Gasteiger partial charge >= 0.3 is 5.97 Å². The van der Waals surface area contributed by atoms with Crippen LogP contribution in [0.1, 0.15) is 31.1 Å². The lowest BCUT2D eigenvalue weighted by atomic mass is 9.90. The number of ketones is 2. The predicted octanol–water partition coefficient (Wildman–Crippen LogP) is 3.26. The molecule has 0 amide bonds. The maximum Gasteiger partial charge on any atom is 0.338 e. The average Bonchev–Trinajstić information content (AvgIpc) is 3.29. The van der Waals surface area contributed by atoms with E-state index in [1.54, 1.807) is 48.5 Å². The zero-order valence-electron chi connectivity index (χ0n) is 17.7. The third kappa shape index (κ3) is 3.73. The number of aromatic nitrogens is 3. The van der Waals surface area contributed by atoms with Crippen molar-refractivity contribution in [1.82, 2.24) is 20.3 Å². The Bertz CT molecular complexity index is 1470. The molecular weight excluding hydrogens is 439 g/mol. The summed E-state index contributed by atoms with van der Waals surface area (Å²) in [5.41, 5.74) is 1.97. The standard InChI is InChI=1S/C25H17FN4O4/c26-16-11-9-15(10-12-16)25(33)34-14-13-27-21-22(30-20-8-4-3-7-19(20)28-29-30)24(32)18-6-2-1-5-17(18)23(21)31/h1-12,27H,13-14H2. The Labute approximate surface area is 192 Å². The van der Waals surface area contributed by atoms with Crippen molar-refractivity contribution in [3.63, 3.8) is 0 Å². The molecule has 4 aromatic rings. The van der Waals surface area contributed by atoms with E-state index in [0.29, 0.717) is 11.0 Å². The molecule has 0 bridgehead atoms. The zero-order chi connectivity index (χ0) is 23.7. The van der Waals surface area contributed by atoms with Crippen molar-refractivity contribution in [2.75, 3.05) is 13.2 Å². The van der Waals surface area contributed by atoms with Crippen LogP contribution in [0.3, 0.4) is 0 Å². The summed E-state index contributed by atoms with van der Waals surface area (Å²) in [6, 6.07) is 18.6. The highest BCUT2D eigenvalue weighted by Gasteiger charge is 2.34. The van der Waals surface area contributed by atoms with Crippen molar-refractivity contribution in [3.05, 3.63) is 101 Å². The van der Waals surface area contributed by atoms with Crippen LogP contribution in [0.25, 0.3) is 16.7 Å². The van der Waals surface area contributed by atoms with Gasteiger partial charge in [-0.3, -0.25) is 9.59 Å². The topological polar surface area (TPSA) is 103 Å². The number of para-hydroxylation sites is 1. The number of fused-ring (bicyclic) bond motifs is 2. The summed E-state index contributed by atoms with van der Waals surface area (Å²) in [6.45, 7) is -0.0339. The number of nitrogens with zero attached hydrogens (tertiary/aromatic N) is 3. The van der Waals surface area contributed by atoms with Crippen LogP contribution in [0, 0.1) is 5.82 Å². The molecule has 9 heteroatoms. The largest absolute Gasteiger partial charge is 0.460 e. The number of rotatable bonds is 6. The minimum atomic E-state index is -0.630. The molecule has 0 radical (unpaired) electrons. The van der Waals surface area contributed by atoms with Crippen molar-refractivity contribution in [2.45, 2.75) is 0 Å². The predicted molar refractivity (Wildman–Crippen MR) is 121 cm³/mol. The zero-order valence-corrected chi connectivity index (χ0v) is 17.7. The van der Waals surface area contributed by atoms with Gasteiger partial charge in [0.2, 0.25) is 11.6 Å². The van der Waals surface area contributed by atoms with E-state index in [-0.39, 0.29) is 52.8 Å². The van der Waals surface area contributed by atoms with Crippen LogP contribution in [-0.4, -0.2) is 45.7 Å². The first-order valence-corrected chi connectivity index (χ1v) is 10.4. The fraction of sp³-hybridized carbons (Fsp3) is 0.0800. The molecule has 1 aromatic heterocycles. The van der Waals surface area contributed by atoms with Gasteiger partial charge in [0.15, 0.2) is 0 Å². The molecule has 5 rings (SSSR count). The quantitative estimate of drug-likeness (QED) is 0.351. The Kier molecular flexibility index (Phi) is 5.43. The number of carbonyl (C=O) groups excluding carboxylic acids is 3. The second-order valence-electron chi connectivity index (χ2n) is 7.49. The van der Waals surface area contributed by atoms with Gasteiger partial charge in [0.05, 0.1) is 11.1 Å². The maximum atomic E-state index is 13.4. The molecule has 1 aliphatic rings. The van der Waals surface area contributed by atoms with E-state index < -0.39 is 11.8 Å². The molecule has 1 heterocycles. The number of hydrogen-bond donors (Lipinski definition) is 1. The lowest BCUT2D eigenvalue weighted by Crippen LogP contribution is -2.34. The highest BCUT2D eigenvalue weighted by Crippen LogP contribution is 2.29. The molecule has 1 N–H and O–H groups in total. The fourth-order valence-corrected chi connectivity index (χ4v) is 3.75. The van der Waals surface area contributed by atoms with Crippen molar-refractivity contribution in [2.24, 2.45) is 0 Å². The summed E-state index contributed by atoms with van der Waals surface area (Å²) in [5.74, 6) is -1.85. The Balaban J connectivity index is 1.43. The van der Waals surface area contributed by atoms with E-state index >= 15 is 0 Å². The van der Waals surface area contributed by atoms with Gasteiger partial charge in [-0.25, -0.2) is 13.9 Å². The SMILES string of the molecule is O=C(OCCNC1=C(n2nnc3ccccc32)C(=O)c2ccccc2C1=O)c1ccc(F)cc1. The number of hydrogen-bond acceptors (Lipinski definition) is 7. The molecule has 34 heavy (non-hydrogen) atoms. The number of carbonyl (C=O) groups is 3. The average molecular weight is 456 g/mol. The molecular formula is C25H17FN4O4. The fourth-order valence-electron chi connectivity index (χ4n) is 3.75. The second-order valence-corrected chi connectivity index (χ2v) is 7.49. The van der Waals surface area contributed by atoms with Crippen LogP contribution in [0.4, 0.5) is 4.39 Å². The van der Waals surface area contributed by atoms with E-state index in [4.69, 9.17) is 4.74 Å². The Morgan fingerprint density at radius 3 is 2.35 bits per heavy atom. The lowest BCUT2D eigenvalue weighted by molar-refractivity contribution is 0.0510. The van der Waals surface area contributed by atoms with Gasteiger partial charge in [-0.05, 0) is 36.4 Å². The highest BCUT2D eigenvalue weighted by atomic mass is 19.1. The van der Waals surface area contributed by atoms with Crippen LogP contribution < -0.4 is 5.32 Å². The van der Waals surface area contributed by atoms with Gasteiger partial charge in [-0.15, -0.1) is 5.10 Å². The van der Waals surface area contributed by atoms with Crippen molar-refractivity contribution in [3.8, 4) is 0 Å². The van der Waals surface area contributed by atoms with E-state index in [1.807, 2.05) is 0 Å². The van der Waals surface area contributed by atoms with Crippen LogP contribution in [0.2, 0.25) is 0 Å². The number of allylic oxidation sites excluding steroid dienone is 2. The summed E-state index contributed by atoms with van der Waals surface area (Å²) < 4.78 is 19.6. The van der Waals surface area contributed by atoms with Gasteiger partial charge < -0.3 is 10.1 Å². The second kappa shape index (κ2) is 8.70. The summed E-state index contributed by atoms with van der Waals surface area (Å²) in [5, 5.41) is 11.1. The third-order valence-electron chi connectivity index (χ3n) is 5.38. The number of Topliss-reactive ketones (excluding diaryl/α,β-unsaturated/α-hetero) is 2.